The summed E-state index contributed by atoms with van der Waals surface area (Å²) in [7, 11) is -1.88. The topological polar surface area (TPSA) is 58.6 Å². The first-order chi connectivity index (χ1) is 9.87. The van der Waals surface area contributed by atoms with Crippen molar-refractivity contribution in [3.05, 3.63) is 29.8 Å². The van der Waals surface area contributed by atoms with E-state index in [4.69, 9.17) is 4.74 Å². The summed E-state index contributed by atoms with van der Waals surface area (Å²) in [5, 5.41) is 3.19. The molecule has 1 aromatic carbocycles. The molecule has 0 aromatic heterocycles. The molecule has 1 N–H and O–H groups in total. The minimum Gasteiger partial charge on any atom is -0.377 e. The van der Waals surface area contributed by atoms with E-state index in [1.54, 1.807) is 25.2 Å². The lowest BCUT2D eigenvalue weighted by Gasteiger charge is -2.18. The van der Waals surface area contributed by atoms with Crippen LogP contribution in [0.4, 0.5) is 0 Å². The Labute approximate surface area is 128 Å². The Kier molecular flexibility index (Phi) is 7.31. The van der Waals surface area contributed by atoms with Crippen molar-refractivity contribution < 1.29 is 13.2 Å². The van der Waals surface area contributed by atoms with Gasteiger partial charge < -0.3 is 10.1 Å². The Morgan fingerprint density at radius 1 is 1.33 bits per heavy atom. The molecule has 0 spiro atoms. The number of ether oxygens (including phenoxy) is 1. The molecule has 0 aliphatic carbocycles. The zero-order valence-electron chi connectivity index (χ0n) is 13.3. The fourth-order valence-electron chi connectivity index (χ4n) is 1.80. The van der Waals surface area contributed by atoms with Gasteiger partial charge in [0.2, 0.25) is 10.0 Å². The lowest BCUT2D eigenvalue weighted by Crippen LogP contribution is -2.31. The van der Waals surface area contributed by atoms with Crippen molar-refractivity contribution in [3.63, 3.8) is 0 Å². The smallest absolute Gasteiger partial charge is 0.242 e. The lowest BCUT2D eigenvalue weighted by molar-refractivity contribution is 0.0737. The summed E-state index contributed by atoms with van der Waals surface area (Å²) < 4.78 is 31.7. The number of benzene rings is 1. The summed E-state index contributed by atoms with van der Waals surface area (Å²) in [6, 6.07) is 7.05. The maximum atomic E-state index is 12.5. The van der Waals surface area contributed by atoms with Gasteiger partial charge in [-0.25, -0.2) is 8.42 Å². The number of hydrogen-bond donors (Lipinski definition) is 1. The van der Waals surface area contributed by atoms with Gasteiger partial charge in [-0.05, 0) is 38.1 Å². The van der Waals surface area contributed by atoms with Crippen LogP contribution in [-0.4, -0.2) is 45.6 Å². The average Bonchev–Trinajstić information content (AvgIpc) is 2.44. The molecule has 120 valence electrons. The Morgan fingerprint density at radius 3 is 2.67 bits per heavy atom. The molecular formula is C15H26N2O3S. The van der Waals surface area contributed by atoms with Crippen molar-refractivity contribution in [2.75, 3.05) is 26.7 Å². The highest BCUT2D eigenvalue weighted by molar-refractivity contribution is 7.89. The molecule has 0 bridgehead atoms. The monoisotopic (exact) mass is 314 g/mol. The zero-order valence-corrected chi connectivity index (χ0v) is 14.1. The Bertz CT molecular complexity index is 529. The van der Waals surface area contributed by atoms with E-state index in [1.807, 2.05) is 26.8 Å². The number of sulfonamides is 1. The van der Waals surface area contributed by atoms with Gasteiger partial charge in [0.15, 0.2) is 0 Å². The molecule has 0 radical (unpaired) electrons. The van der Waals surface area contributed by atoms with Crippen molar-refractivity contribution in [1.29, 1.82) is 0 Å². The van der Waals surface area contributed by atoms with Gasteiger partial charge in [0.05, 0.1) is 17.6 Å². The van der Waals surface area contributed by atoms with Crippen LogP contribution in [0.3, 0.4) is 0 Å². The molecule has 21 heavy (non-hydrogen) atoms. The van der Waals surface area contributed by atoms with Crippen molar-refractivity contribution >= 4 is 10.0 Å². The van der Waals surface area contributed by atoms with Crippen LogP contribution >= 0.6 is 0 Å². The summed E-state index contributed by atoms with van der Waals surface area (Å²) in [6.45, 7) is 8.13. The van der Waals surface area contributed by atoms with Gasteiger partial charge in [-0.15, -0.1) is 0 Å². The van der Waals surface area contributed by atoms with Gasteiger partial charge in [0, 0.05) is 20.1 Å². The van der Waals surface area contributed by atoms with E-state index in [2.05, 4.69) is 5.32 Å². The number of rotatable bonds is 9. The van der Waals surface area contributed by atoms with Crippen LogP contribution < -0.4 is 5.32 Å². The van der Waals surface area contributed by atoms with E-state index in [9.17, 15) is 8.42 Å². The number of likely N-dealkylation sites (N-methyl/N-ethyl adjacent to an activating group) is 1. The number of nitrogens with zero attached hydrogens (tertiary/aromatic N) is 1. The van der Waals surface area contributed by atoms with Crippen LogP contribution in [0.2, 0.25) is 0 Å². The molecule has 0 atom stereocenters. The quantitative estimate of drug-likeness (QED) is 0.755. The third kappa shape index (κ3) is 5.74. The Hall–Kier alpha value is -0.950. The predicted octanol–water partition coefficient (Wildman–Crippen LogP) is 1.84. The summed E-state index contributed by atoms with van der Waals surface area (Å²) in [4.78, 5) is 0.324. The molecular weight excluding hydrogens is 288 g/mol. The van der Waals surface area contributed by atoms with Gasteiger partial charge in [-0.2, -0.15) is 4.31 Å². The first kappa shape index (κ1) is 18.1. The van der Waals surface area contributed by atoms with Crippen molar-refractivity contribution in [2.24, 2.45) is 0 Å². The van der Waals surface area contributed by atoms with Gasteiger partial charge in [0.1, 0.15) is 0 Å². The van der Waals surface area contributed by atoms with E-state index in [0.29, 0.717) is 24.6 Å². The van der Waals surface area contributed by atoms with Gasteiger partial charge >= 0.3 is 0 Å². The first-order valence-corrected chi connectivity index (χ1v) is 8.69. The van der Waals surface area contributed by atoms with Gasteiger partial charge in [-0.3, -0.25) is 0 Å². The third-order valence-electron chi connectivity index (χ3n) is 3.04. The molecule has 0 unspecified atom stereocenters. The first-order valence-electron chi connectivity index (χ1n) is 7.25. The molecule has 5 nitrogen and oxygen atoms in total. The summed E-state index contributed by atoms with van der Waals surface area (Å²) in [5.74, 6) is 0. The standard InChI is InChI=1S/C15H26N2O3S/c1-5-16-12-14-7-6-8-15(11-14)21(18,19)17(4)9-10-20-13(2)3/h6-8,11,13,16H,5,9-10,12H2,1-4H3. The third-order valence-corrected chi connectivity index (χ3v) is 4.90. The zero-order chi connectivity index (χ0) is 15.9. The number of hydrogen-bond acceptors (Lipinski definition) is 4. The molecule has 0 saturated carbocycles. The molecule has 6 heteroatoms. The second kappa shape index (κ2) is 8.48. The van der Waals surface area contributed by atoms with E-state index < -0.39 is 10.0 Å². The van der Waals surface area contributed by atoms with Gasteiger partial charge in [-0.1, -0.05) is 19.1 Å². The fraction of sp³-hybridized carbons (Fsp3) is 0.600. The highest BCUT2D eigenvalue weighted by Gasteiger charge is 2.20. The largest absolute Gasteiger partial charge is 0.377 e. The van der Waals surface area contributed by atoms with Crippen molar-refractivity contribution in [3.8, 4) is 0 Å². The van der Waals surface area contributed by atoms with Crippen LogP contribution in [-0.2, 0) is 21.3 Å². The SMILES string of the molecule is CCNCc1cccc(S(=O)(=O)N(C)CCOC(C)C)c1. The molecule has 0 aliphatic heterocycles. The van der Waals surface area contributed by atoms with E-state index in [-0.39, 0.29) is 6.10 Å². The van der Waals surface area contributed by atoms with Crippen LogP contribution in [0.25, 0.3) is 0 Å². The van der Waals surface area contributed by atoms with E-state index in [1.165, 1.54) is 4.31 Å². The van der Waals surface area contributed by atoms with Gasteiger partial charge in [0.25, 0.3) is 0 Å². The summed E-state index contributed by atoms with van der Waals surface area (Å²) >= 11 is 0. The minimum atomic E-state index is -3.46. The second-order valence-electron chi connectivity index (χ2n) is 5.17. The van der Waals surface area contributed by atoms with E-state index >= 15 is 0 Å². The normalized spacial score (nSPS) is 12.3. The fourth-order valence-corrected chi connectivity index (χ4v) is 3.03. The molecule has 1 aromatic rings. The van der Waals surface area contributed by atoms with Crippen molar-refractivity contribution in [1.82, 2.24) is 9.62 Å². The summed E-state index contributed by atoms with van der Waals surface area (Å²) in [5.41, 5.74) is 0.963. The lowest BCUT2D eigenvalue weighted by atomic mass is 10.2. The Morgan fingerprint density at radius 2 is 2.05 bits per heavy atom. The minimum absolute atomic E-state index is 0.101. The molecule has 0 aliphatic rings. The van der Waals surface area contributed by atoms with Crippen molar-refractivity contribution in [2.45, 2.75) is 38.3 Å². The van der Waals surface area contributed by atoms with Crippen LogP contribution in [0.15, 0.2) is 29.2 Å². The maximum absolute atomic E-state index is 12.5. The molecule has 1 rings (SSSR count). The van der Waals surface area contributed by atoms with Crippen LogP contribution in [0, 0.1) is 0 Å². The Balaban J connectivity index is 2.76. The molecule has 0 fully saturated rings. The number of nitrogens with one attached hydrogen (secondary N) is 1. The van der Waals surface area contributed by atoms with Crippen LogP contribution in [0.5, 0.6) is 0 Å². The average molecular weight is 314 g/mol. The highest BCUT2D eigenvalue weighted by Crippen LogP contribution is 2.16. The van der Waals surface area contributed by atoms with Crippen LogP contribution in [0.1, 0.15) is 26.3 Å². The van der Waals surface area contributed by atoms with E-state index in [0.717, 1.165) is 12.1 Å². The molecule has 0 heterocycles. The summed E-state index contributed by atoms with van der Waals surface area (Å²) in [6.07, 6.45) is 0.101. The molecule has 0 amide bonds. The predicted molar refractivity (Wildman–Crippen MR) is 84.7 cm³/mol. The molecule has 0 saturated heterocycles. The maximum Gasteiger partial charge on any atom is 0.242 e. The second-order valence-corrected chi connectivity index (χ2v) is 7.22. The highest BCUT2D eigenvalue weighted by atomic mass is 32.2.